The Bertz CT molecular complexity index is 197. The second-order valence-corrected chi connectivity index (χ2v) is 2.30. The molecule has 0 fully saturated rings. The van der Waals surface area contributed by atoms with Gasteiger partial charge in [0.2, 0.25) is 0 Å². The minimum absolute atomic E-state index is 0.0625. The Morgan fingerprint density at radius 2 is 2.30 bits per heavy atom. The number of rotatable bonds is 1. The molecular weight excluding hydrogens is 127 g/mol. The lowest BCUT2D eigenvalue weighted by Gasteiger charge is -1.97. The maximum Gasteiger partial charge on any atom is 0.122 e. The van der Waals surface area contributed by atoms with E-state index in [1.54, 1.807) is 6.08 Å². The highest BCUT2D eigenvalue weighted by Gasteiger charge is 2.00. The summed E-state index contributed by atoms with van der Waals surface area (Å²) in [6.45, 7) is 1.97. The van der Waals surface area contributed by atoms with Gasteiger partial charge in [-0.05, 0) is 24.5 Å². The third-order valence-corrected chi connectivity index (χ3v) is 1.62. The highest BCUT2D eigenvalue weighted by atomic mass is 19.1. The van der Waals surface area contributed by atoms with Crippen molar-refractivity contribution in [2.45, 2.75) is 19.8 Å². The van der Waals surface area contributed by atoms with Gasteiger partial charge in [0.15, 0.2) is 0 Å². The molecule has 0 atom stereocenters. The minimum Gasteiger partial charge on any atom is -0.207 e. The van der Waals surface area contributed by atoms with Crippen LogP contribution in [-0.4, -0.2) is 0 Å². The molecule has 1 heteroatoms. The van der Waals surface area contributed by atoms with Gasteiger partial charge in [-0.25, -0.2) is 4.39 Å². The van der Waals surface area contributed by atoms with E-state index < -0.39 is 0 Å². The lowest BCUT2D eigenvalue weighted by atomic mass is 10.1. The Balaban J connectivity index is 2.82. The van der Waals surface area contributed by atoms with Crippen LogP contribution < -0.4 is 0 Å². The molecule has 0 aliphatic heterocycles. The Hall–Kier alpha value is -0.850. The molecule has 0 amide bonds. The first-order valence-corrected chi connectivity index (χ1v) is 3.55. The summed E-state index contributed by atoms with van der Waals surface area (Å²) in [6.07, 6.45) is 8.67. The van der Waals surface area contributed by atoms with E-state index in [1.807, 2.05) is 19.1 Å². The van der Waals surface area contributed by atoms with Crippen molar-refractivity contribution in [2.75, 3.05) is 0 Å². The third-order valence-electron chi connectivity index (χ3n) is 1.62. The normalized spacial score (nSPS) is 17.8. The predicted octanol–water partition coefficient (Wildman–Crippen LogP) is 3.14. The molecule has 0 nitrogen and oxygen atoms in total. The fraction of sp³-hybridized carbons (Fsp3) is 0.333. The standard InChI is InChI=1S/C9H11F/c1-2-8-6-4-3-5-7-9(8)10/h3-5,7H,2,6H2,1H3. The molecule has 1 aliphatic carbocycles. The van der Waals surface area contributed by atoms with Crippen molar-refractivity contribution >= 4 is 0 Å². The second kappa shape index (κ2) is 3.35. The van der Waals surface area contributed by atoms with E-state index in [9.17, 15) is 4.39 Å². The predicted molar refractivity (Wildman–Crippen MR) is 41.3 cm³/mol. The summed E-state index contributed by atoms with van der Waals surface area (Å²) in [5.41, 5.74) is 0.894. The highest BCUT2D eigenvalue weighted by Crippen LogP contribution is 2.18. The van der Waals surface area contributed by atoms with Crippen molar-refractivity contribution in [3.63, 3.8) is 0 Å². The molecule has 0 unspecified atom stereocenters. The quantitative estimate of drug-likeness (QED) is 0.522. The lowest BCUT2D eigenvalue weighted by Crippen LogP contribution is -1.80. The van der Waals surface area contributed by atoms with Crippen molar-refractivity contribution in [1.29, 1.82) is 0 Å². The summed E-state index contributed by atoms with van der Waals surface area (Å²) in [5.74, 6) is -0.0625. The molecule has 54 valence electrons. The van der Waals surface area contributed by atoms with E-state index in [2.05, 4.69) is 0 Å². The molecule has 1 rings (SSSR count). The average Bonchev–Trinajstić information content (AvgIpc) is 2.13. The molecule has 0 aromatic rings. The van der Waals surface area contributed by atoms with E-state index in [0.29, 0.717) is 0 Å². The Morgan fingerprint density at radius 3 is 3.00 bits per heavy atom. The van der Waals surface area contributed by atoms with Crippen molar-refractivity contribution in [1.82, 2.24) is 0 Å². The molecule has 0 aromatic heterocycles. The summed E-state index contributed by atoms with van der Waals surface area (Å²) in [6, 6.07) is 0. The lowest BCUT2D eigenvalue weighted by molar-refractivity contribution is 0.644. The molecule has 0 saturated heterocycles. The molecule has 0 saturated carbocycles. The van der Waals surface area contributed by atoms with Gasteiger partial charge in [0.25, 0.3) is 0 Å². The molecule has 0 radical (unpaired) electrons. The fourth-order valence-corrected chi connectivity index (χ4v) is 0.957. The van der Waals surface area contributed by atoms with E-state index in [1.165, 1.54) is 6.08 Å². The van der Waals surface area contributed by atoms with Gasteiger partial charge in [0.05, 0.1) is 0 Å². The van der Waals surface area contributed by atoms with Crippen molar-refractivity contribution < 1.29 is 4.39 Å². The zero-order valence-corrected chi connectivity index (χ0v) is 6.10. The number of hydrogen-bond donors (Lipinski definition) is 0. The maximum atomic E-state index is 12.9. The molecular formula is C9H11F. The summed E-state index contributed by atoms with van der Waals surface area (Å²) in [5, 5.41) is 0. The molecule has 0 bridgehead atoms. The molecule has 1 aliphatic rings. The van der Waals surface area contributed by atoms with Crippen LogP contribution in [0.2, 0.25) is 0 Å². The number of halogens is 1. The van der Waals surface area contributed by atoms with Crippen molar-refractivity contribution in [3.05, 3.63) is 35.7 Å². The fourth-order valence-electron chi connectivity index (χ4n) is 0.957. The van der Waals surface area contributed by atoms with Crippen LogP contribution in [0.3, 0.4) is 0 Å². The largest absolute Gasteiger partial charge is 0.207 e. The molecule has 0 spiro atoms. The summed E-state index contributed by atoms with van der Waals surface area (Å²) < 4.78 is 12.9. The highest BCUT2D eigenvalue weighted by molar-refractivity contribution is 5.27. The number of allylic oxidation sites excluding steroid dienone is 6. The van der Waals surface area contributed by atoms with Crippen LogP contribution in [0, 0.1) is 0 Å². The second-order valence-electron chi connectivity index (χ2n) is 2.30. The SMILES string of the molecule is CCC1=C(F)C=CC=CC1. The Kier molecular flexibility index (Phi) is 2.43. The molecule has 0 aromatic carbocycles. The monoisotopic (exact) mass is 138 g/mol. The van der Waals surface area contributed by atoms with Gasteiger partial charge in [-0.1, -0.05) is 25.2 Å². The molecule has 10 heavy (non-hydrogen) atoms. The van der Waals surface area contributed by atoms with Gasteiger partial charge in [0, 0.05) is 0 Å². The van der Waals surface area contributed by atoms with Crippen LogP contribution in [0.25, 0.3) is 0 Å². The van der Waals surface area contributed by atoms with Crippen LogP contribution in [0.5, 0.6) is 0 Å². The summed E-state index contributed by atoms with van der Waals surface area (Å²) in [4.78, 5) is 0. The van der Waals surface area contributed by atoms with E-state index in [4.69, 9.17) is 0 Å². The van der Waals surface area contributed by atoms with Crippen LogP contribution in [0.1, 0.15) is 19.8 Å². The minimum atomic E-state index is -0.0625. The van der Waals surface area contributed by atoms with Gasteiger partial charge in [-0.2, -0.15) is 0 Å². The van der Waals surface area contributed by atoms with Crippen LogP contribution in [0.15, 0.2) is 35.7 Å². The zero-order valence-electron chi connectivity index (χ0n) is 6.10. The molecule has 0 heterocycles. The van der Waals surface area contributed by atoms with Crippen LogP contribution in [-0.2, 0) is 0 Å². The van der Waals surface area contributed by atoms with Gasteiger partial charge in [-0.15, -0.1) is 0 Å². The Morgan fingerprint density at radius 1 is 1.50 bits per heavy atom. The first-order valence-electron chi connectivity index (χ1n) is 3.55. The maximum absolute atomic E-state index is 12.9. The van der Waals surface area contributed by atoms with Gasteiger partial charge < -0.3 is 0 Å². The van der Waals surface area contributed by atoms with E-state index >= 15 is 0 Å². The van der Waals surface area contributed by atoms with Gasteiger partial charge >= 0.3 is 0 Å². The molecule has 0 N–H and O–H groups in total. The summed E-state index contributed by atoms with van der Waals surface area (Å²) >= 11 is 0. The zero-order chi connectivity index (χ0) is 7.40. The third kappa shape index (κ3) is 1.56. The van der Waals surface area contributed by atoms with Crippen LogP contribution in [0.4, 0.5) is 4.39 Å². The first kappa shape index (κ1) is 7.26. The van der Waals surface area contributed by atoms with Crippen molar-refractivity contribution in [3.8, 4) is 0 Å². The van der Waals surface area contributed by atoms with E-state index in [-0.39, 0.29) is 5.83 Å². The topological polar surface area (TPSA) is 0 Å². The average molecular weight is 138 g/mol. The van der Waals surface area contributed by atoms with Gasteiger partial charge in [-0.3, -0.25) is 0 Å². The Labute approximate surface area is 60.7 Å². The van der Waals surface area contributed by atoms with E-state index in [0.717, 1.165) is 18.4 Å². The number of hydrogen-bond acceptors (Lipinski definition) is 0. The summed E-state index contributed by atoms with van der Waals surface area (Å²) in [7, 11) is 0. The smallest absolute Gasteiger partial charge is 0.122 e. The first-order chi connectivity index (χ1) is 4.84. The van der Waals surface area contributed by atoms with Crippen molar-refractivity contribution in [2.24, 2.45) is 0 Å². The van der Waals surface area contributed by atoms with Crippen LogP contribution >= 0.6 is 0 Å². The van der Waals surface area contributed by atoms with Gasteiger partial charge in [0.1, 0.15) is 5.83 Å².